The summed E-state index contributed by atoms with van der Waals surface area (Å²) < 4.78 is 5.40. The molecular weight excluding hydrogens is 270 g/mol. The van der Waals surface area contributed by atoms with Crippen LogP contribution in [0.3, 0.4) is 0 Å². The Labute approximate surface area is 127 Å². The van der Waals surface area contributed by atoms with Crippen LogP contribution in [0.5, 0.6) is 0 Å². The highest BCUT2D eigenvalue weighted by Crippen LogP contribution is 2.15. The maximum Gasteiger partial charge on any atom is 0.410 e. The van der Waals surface area contributed by atoms with E-state index in [2.05, 4.69) is 5.32 Å². The molecule has 1 fully saturated rings. The van der Waals surface area contributed by atoms with Crippen LogP contribution in [-0.2, 0) is 9.53 Å². The Bertz CT molecular complexity index is 353. The van der Waals surface area contributed by atoms with Crippen molar-refractivity contribution in [1.29, 1.82) is 0 Å². The van der Waals surface area contributed by atoms with Gasteiger partial charge in [0.1, 0.15) is 5.60 Å². The maximum atomic E-state index is 12.0. The van der Waals surface area contributed by atoms with Gasteiger partial charge in [-0.25, -0.2) is 4.79 Å². The van der Waals surface area contributed by atoms with Gasteiger partial charge in [0.15, 0.2) is 0 Å². The van der Waals surface area contributed by atoms with E-state index >= 15 is 0 Å². The van der Waals surface area contributed by atoms with Crippen LogP contribution in [0.1, 0.15) is 52.9 Å². The van der Waals surface area contributed by atoms with Gasteiger partial charge in [0.25, 0.3) is 0 Å². The Balaban J connectivity index is 2.25. The number of ether oxygens (including phenoxy) is 1. The zero-order chi connectivity index (χ0) is 15.9. The van der Waals surface area contributed by atoms with E-state index in [1.165, 1.54) is 0 Å². The third-order valence-electron chi connectivity index (χ3n) is 3.36. The summed E-state index contributed by atoms with van der Waals surface area (Å²) in [5.74, 6) is -0.247. The molecule has 0 aromatic heterocycles. The van der Waals surface area contributed by atoms with Crippen LogP contribution in [0.25, 0.3) is 0 Å². The maximum absolute atomic E-state index is 12.0. The average Bonchev–Trinajstić information content (AvgIpc) is 2.36. The summed E-state index contributed by atoms with van der Waals surface area (Å²) in [4.78, 5) is 24.4. The van der Waals surface area contributed by atoms with Crippen LogP contribution < -0.4 is 11.1 Å². The summed E-state index contributed by atoms with van der Waals surface area (Å²) in [6, 6.07) is 0.305. The highest BCUT2D eigenvalue weighted by molar-refractivity contribution is 5.73. The van der Waals surface area contributed by atoms with E-state index in [4.69, 9.17) is 10.5 Å². The lowest BCUT2D eigenvalue weighted by molar-refractivity contribution is -0.118. The van der Waals surface area contributed by atoms with Gasteiger partial charge in [-0.1, -0.05) is 0 Å². The number of nitrogens with zero attached hydrogens (tertiary/aromatic N) is 1. The smallest absolute Gasteiger partial charge is 0.410 e. The quantitative estimate of drug-likeness (QED) is 0.730. The van der Waals surface area contributed by atoms with E-state index in [9.17, 15) is 9.59 Å². The van der Waals surface area contributed by atoms with Gasteiger partial charge in [-0.05, 0) is 53.0 Å². The number of rotatable bonds is 6. The van der Waals surface area contributed by atoms with Gasteiger partial charge in [0.05, 0.1) is 0 Å². The topological polar surface area (TPSA) is 84.7 Å². The predicted octanol–water partition coefficient (Wildman–Crippen LogP) is 1.63. The van der Waals surface area contributed by atoms with Gasteiger partial charge in [-0.15, -0.1) is 0 Å². The zero-order valence-electron chi connectivity index (χ0n) is 13.5. The molecule has 21 heavy (non-hydrogen) atoms. The molecule has 1 atom stereocenters. The number of amides is 2. The molecule has 1 aliphatic rings. The molecule has 122 valence electrons. The van der Waals surface area contributed by atoms with E-state index in [0.29, 0.717) is 19.0 Å². The van der Waals surface area contributed by atoms with E-state index in [1.807, 2.05) is 20.8 Å². The Morgan fingerprint density at radius 2 is 2.05 bits per heavy atom. The lowest BCUT2D eigenvalue weighted by atomic mass is 10.1. The van der Waals surface area contributed by atoms with Crippen molar-refractivity contribution in [2.24, 2.45) is 5.73 Å². The van der Waals surface area contributed by atoms with Crippen molar-refractivity contribution in [2.45, 2.75) is 64.5 Å². The van der Waals surface area contributed by atoms with Crippen molar-refractivity contribution in [3.05, 3.63) is 0 Å². The van der Waals surface area contributed by atoms with E-state index in [-0.39, 0.29) is 12.0 Å². The highest BCUT2D eigenvalue weighted by Gasteiger charge is 2.27. The molecule has 3 N–H and O–H groups in total. The second-order valence-electron chi connectivity index (χ2n) is 6.64. The summed E-state index contributed by atoms with van der Waals surface area (Å²) in [5, 5.41) is 3.44. The van der Waals surface area contributed by atoms with E-state index < -0.39 is 5.60 Å². The first-order valence-corrected chi connectivity index (χ1v) is 7.77. The lowest BCUT2D eigenvalue weighted by Gasteiger charge is -2.34. The number of unbranched alkanes of at least 4 members (excludes halogenated alkanes) is 1. The minimum atomic E-state index is -0.452. The number of nitrogens with one attached hydrogen (secondary N) is 1. The molecule has 0 aromatic carbocycles. The Hall–Kier alpha value is -1.30. The molecular formula is C15H29N3O3. The van der Waals surface area contributed by atoms with Crippen LogP contribution in [0, 0.1) is 0 Å². The molecule has 1 rings (SSSR count). The second-order valence-corrected chi connectivity index (χ2v) is 6.64. The molecule has 0 spiro atoms. The summed E-state index contributed by atoms with van der Waals surface area (Å²) in [6.07, 6.45) is 3.99. The molecule has 1 unspecified atom stereocenters. The predicted molar refractivity (Wildman–Crippen MR) is 81.9 cm³/mol. The van der Waals surface area contributed by atoms with Crippen molar-refractivity contribution < 1.29 is 14.3 Å². The summed E-state index contributed by atoms with van der Waals surface area (Å²) in [6.45, 7) is 7.93. The van der Waals surface area contributed by atoms with Crippen molar-refractivity contribution in [2.75, 3.05) is 19.6 Å². The third-order valence-corrected chi connectivity index (χ3v) is 3.36. The van der Waals surface area contributed by atoms with Crippen molar-refractivity contribution >= 4 is 12.0 Å². The molecule has 0 radical (unpaired) electrons. The fraction of sp³-hybridized carbons (Fsp3) is 0.867. The lowest BCUT2D eigenvalue weighted by Crippen LogP contribution is -2.49. The summed E-state index contributed by atoms with van der Waals surface area (Å²) in [5.41, 5.74) is 4.65. The fourth-order valence-electron chi connectivity index (χ4n) is 2.37. The fourth-order valence-corrected chi connectivity index (χ4v) is 2.37. The number of piperidine rings is 1. The van der Waals surface area contributed by atoms with Gasteiger partial charge < -0.3 is 20.7 Å². The second kappa shape index (κ2) is 8.22. The molecule has 0 bridgehead atoms. The first-order valence-electron chi connectivity index (χ1n) is 7.77. The number of carbonyl (C=O) groups is 2. The average molecular weight is 299 g/mol. The number of hydrogen-bond acceptors (Lipinski definition) is 4. The minimum Gasteiger partial charge on any atom is -0.444 e. The Kier molecular flexibility index (Phi) is 6.95. The number of hydrogen-bond donors (Lipinski definition) is 2. The third kappa shape index (κ3) is 7.90. The molecule has 6 nitrogen and oxygen atoms in total. The van der Waals surface area contributed by atoms with Crippen molar-refractivity contribution in [1.82, 2.24) is 10.2 Å². The first-order chi connectivity index (χ1) is 9.78. The normalized spacial score (nSPS) is 19.4. The Morgan fingerprint density at radius 3 is 2.67 bits per heavy atom. The standard InChI is InChI=1S/C15H29N3O3/c1-15(2,3)21-14(20)18-10-6-7-12(11-18)17-9-5-4-8-13(16)19/h12,17H,4-11H2,1-3H3,(H2,16,19). The SMILES string of the molecule is CC(C)(C)OC(=O)N1CCCC(NCCCCC(N)=O)C1. The van der Waals surface area contributed by atoms with Gasteiger partial charge in [0, 0.05) is 25.6 Å². The molecule has 2 amide bonds. The van der Waals surface area contributed by atoms with E-state index in [0.717, 1.165) is 38.8 Å². The van der Waals surface area contributed by atoms with Gasteiger partial charge in [-0.3, -0.25) is 4.79 Å². The van der Waals surface area contributed by atoms with Crippen molar-refractivity contribution in [3.8, 4) is 0 Å². The highest BCUT2D eigenvalue weighted by atomic mass is 16.6. The number of primary amides is 1. The molecule has 0 aromatic rings. The number of nitrogens with two attached hydrogens (primary N) is 1. The van der Waals surface area contributed by atoms with Crippen LogP contribution in [0.4, 0.5) is 4.79 Å². The van der Waals surface area contributed by atoms with E-state index in [1.54, 1.807) is 4.90 Å². The van der Waals surface area contributed by atoms with Crippen LogP contribution in [0.2, 0.25) is 0 Å². The zero-order valence-corrected chi connectivity index (χ0v) is 13.5. The van der Waals surface area contributed by atoms with Gasteiger partial charge in [-0.2, -0.15) is 0 Å². The number of carbonyl (C=O) groups excluding carboxylic acids is 2. The monoisotopic (exact) mass is 299 g/mol. The van der Waals surface area contributed by atoms with Crippen LogP contribution in [0.15, 0.2) is 0 Å². The first kappa shape index (κ1) is 17.8. The molecule has 1 heterocycles. The minimum absolute atomic E-state index is 0.234. The van der Waals surface area contributed by atoms with Gasteiger partial charge in [0.2, 0.25) is 5.91 Å². The summed E-state index contributed by atoms with van der Waals surface area (Å²) in [7, 11) is 0. The largest absolute Gasteiger partial charge is 0.444 e. The molecule has 1 saturated heterocycles. The van der Waals surface area contributed by atoms with Crippen LogP contribution in [-0.4, -0.2) is 48.2 Å². The molecule has 6 heteroatoms. The van der Waals surface area contributed by atoms with Crippen molar-refractivity contribution in [3.63, 3.8) is 0 Å². The molecule has 0 saturated carbocycles. The number of likely N-dealkylation sites (tertiary alicyclic amines) is 1. The molecule has 1 aliphatic heterocycles. The Morgan fingerprint density at radius 1 is 1.33 bits per heavy atom. The van der Waals surface area contributed by atoms with Crippen LogP contribution >= 0.6 is 0 Å². The molecule has 0 aliphatic carbocycles. The summed E-state index contributed by atoms with van der Waals surface area (Å²) >= 11 is 0. The van der Waals surface area contributed by atoms with Gasteiger partial charge >= 0.3 is 6.09 Å².